The summed E-state index contributed by atoms with van der Waals surface area (Å²) in [4.78, 5) is 40.8. The Balaban J connectivity index is 2.05. The number of amides is 1. The molecular weight excluding hydrogens is 284 g/mol. The van der Waals surface area contributed by atoms with E-state index >= 15 is 0 Å². The van der Waals surface area contributed by atoms with Crippen molar-refractivity contribution in [3.63, 3.8) is 0 Å². The number of hydrogen-bond donors (Lipinski definition) is 2. The summed E-state index contributed by atoms with van der Waals surface area (Å²) in [6.07, 6.45) is 0.789. The van der Waals surface area contributed by atoms with Crippen LogP contribution in [0.3, 0.4) is 0 Å². The monoisotopic (exact) mass is 302 g/mol. The van der Waals surface area contributed by atoms with E-state index in [1.165, 1.54) is 0 Å². The summed E-state index contributed by atoms with van der Waals surface area (Å²) in [6.45, 7) is 3.20. The van der Waals surface area contributed by atoms with Crippen LogP contribution in [0.15, 0.2) is 27.8 Å². The Kier molecular flexibility index (Phi) is 3.58. The fourth-order valence-corrected chi connectivity index (χ4v) is 2.83. The van der Waals surface area contributed by atoms with E-state index in [1.54, 1.807) is 30.0 Å². The lowest BCUT2D eigenvalue weighted by molar-refractivity contribution is 0.0791. The van der Waals surface area contributed by atoms with Gasteiger partial charge in [-0.2, -0.15) is 0 Å². The molecule has 22 heavy (non-hydrogen) atoms. The molecule has 1 amide bonds. The molecule has 0 spiro atoms. The van der Waals surface area contributed by atoms with E-state index in [9.17, 15) is 14.4 Å². The molecule has 0 saturated carbocycles. The van der Waals surface area contributed by atoms with Gasteiger partial charge in [-0.25, -0.2) is 4.79 Å². The molecule has 1 aliphatic heterocycles. The van der Waals surface area contributed by atoms with Gasteiger partial charge in [0, 0.05) is 31.2 Å². The van der Waals surface area contributed by atoms with Gasteiger partial charge >= 0.3 is 5.69 Å². The lowest BCUT2D eigenvalue weighted by atomic mass is 10.1. The number of carbonyl (C=O) groups excluding carboxylic acids is 1. The molecule has 3 N–H and O–H groups in total. The third-order valence-electron chi connectivity index (χ3n) is 4.06. The van der Waals surface area contributed by atoms with Crippen LogP contribution in [0.4, 0.5) is 0 Å². The largest absolute Gasteiger partial charge is 0.337 e. The van der Waals surface area contributed by atoms with Gasteiger partial charge in [-0.1, -0.05) is 0 Å². The van der Waals surface area contributed by atoms with E-state index in [2.05, 4.69) is 4.98 Å². The number of H-pyrrole nitrogens is 1. The summed E-state index contributed by atoms with van der Waals surface area (Å²) in [5.74, 6) is -0.129. The van der Waals surface area contributed by atoms with Crippen LogP contribution in [-0.2, 0) is 6.54 Å². The molecule has 1 aliphatic rings. The number of carbonyl (C=O) groups is 1. The zero-order valence-corrected chi connectivity index (χ0v) is 12.3. The zero-order chi connectivity index (χ0) is 15.9. The van der Waals surface area contributed by atoms with Gasteiger partial charge in [-0.05, 0) is 31.5 Å². The molecular formula is C15H18N4O3. The second-order valence-electron chi connectivity index (χ2n) is 5.54. The molecule has 1 atom stereocenters. The Morgan fingerprint density at radius 2 is 2.18 bits per heavy atom. The Morgan fingerprint density at radius 1 is 1.41 bits per heavy atom. The number of aromatic nitrogens is 2. The van der Waals surface area contributed by atoms with Crippen LogP contribution >= 0.6 is 0 Å². The minimum Gasteiger partial charge on any atom is -0.337 e. The van der Waals surface area contributed by atoms with Gasteiger partial charge in [0.15, 0.2) is 0 Å². The van der Waals surface area contributed by atoms with E-state index in [1.807, 2.05) is 0 Å². The number of aromatic amines is 1. The molecule has 0 aliphatic carbocycles. The van der Waals surface area contributed by atoms with Crippen LogP contribution in [0.1, 0.15) is 23.7 Å². The minimum atomic E-state index is -0.465. The van der Waals surface area contributed by atoms with Crippen LogP contribution in [0.5, 0.6) is 0 Å². The molecule has 7 nitrogen and oxygen atoms in total. The fraction of sp³-hybridized carbons (Fsp3) is 0.400. The molecule has 0 radical (unpaired) electrons. The Bertz CT molecular complexity index is 852. The predicted molar refractivity (Wildman–Crippen MR) is 83.0 cm³/mol. The summed E-state index contributed by atoms with van der Waals surface area (Å²) in [5.41, 5.74) is 5.84. The molecule has 116 valence electrons. The quantitative estimate of drug-likeness (QED) is 0.807. The highest BCUT2D eigenvalue weighted by Crippen LogP contribution is 2.15. The standard InChI is InChI=1S/C15H18N4O3/c1-2-19-14(21)11-4-3-9(7-12(11)17-15(19)22)13(20)18-6-5-10(16)8-18/h3-4,7,10H,2,5-6,8,16H2,1H3,(H,17,22)/t10-/m1/s1. The van der Waals surface area contributed by atoms with Crippen LogP contribution in [-0.4, -0.2) is 39.5 Å². The van der Waals surface area contributed by atoms with Crippen molar-refractivity contribution in [1.82, 2.24) is 14.5 Å². The Labute approximate surface area is 126 Å². The molecule has 7 heteroatoms. The Morgan fingerprint density at radius 3 is 2.82 bits per heavy atom. The fourth-order valence-electron chi connectivity index (χ4n) is 2.83. The summed E-state index contributed by atoms with van der Waals surface area (Å²) in [5, 5.41) is 0.399. The first-order valence-electron chi connectivity index (χ1n) is 7.33. The molecule has 1 aromatic carbocycles. The average Bonchev–Trinajstić information content (AvgIpc) is 2.93. The van der Waals surface area contributed by atoms with E-state index in [0.717, 1.165) is 11.0 Å². The number of likely N-dealkylation sites (tertiary alicyclic amines) is 1. The molecule has 0 unspecified atom stereocenters. The smallest absolute Gasteiger partial charge is 0.328 e. The van der Waals surface area contributed by atoms with Gasteiger partial charge in [0.2, 0.25) is 0 Å². The molecule has 2 aromatic rings. The van der Waals surface area contributed by atoms with Gasteiger partial charge < -0.3 is 15.6 Å². The number of nitrogens with one attached hydrogen (secondary N) is 1. The molecule has 1 saturated heterocycles. The number of fused-ring (bicyclic) bond motifs is 1. The van der Waals surface area contributed by atoms with E-state index < -0.39 is 5.69 Å². The number of benzene rings is 1. The van der Waals surface area contributed by atoms with Crippen molar-refractivity contribution in [2.24, 2.45) is 5.73 Å². The Hall–Kier alpha value is -2.41. The molecule has 3 rings (SSSR count). The minimum absolute atomic E-state index is 0.0148. The first-order chi connectivity index (χ1) is 10.5. The second kappa shape index (κ2) is 5.42. The van der Waals surface area contributed by atoms with Gasteiger partial charge in [0.25, 0.3) is 11.5 Å². The number of nitrogens with zero attached hydrogens (tertiary/aromatic N) is 2. The van der Waals surface area contributed by atoms with Gasteiger partial charge in [0.1, 0.15) is 0 Å². The highest BCUT2D eigenvalue weighted by molar-refractivity contribution is 5.97. The predicted octanol–water partition coefficient (Wildman–Crippen LogP) is -0.117. The zero-order valence-electron chi connectivity index (χ0n) is 12.3. The van der Waals surface area contributed by atoms with Crippen LogP contribution in [0, 0.1) is 0 Å². The summed E-state index contributed by atoms with van der Waals surface area (Å²) < 4.78 is 1.13. The van der Waals surface area contributed by atoms with Crippen LogP contribution in [0.2, 0.25) is 0 Å². The average molecular weight is 302 g/mol. The highest BCUT2D eigenvalue weighted by Gasteiger charge is 2.24. The maximum absolute atomic E-state index is 12.4. The maximum atomic E-state index is 12.4. The normalized spacial score (nSPS) is 18.1. The first kappa shape index (κ1) is 14.5. The van der Waals surface area contributed by atoms with Crippen molar-refractivity contribution in [3.8, 4) is 0 Å². The number of nitrogens with two attached hydrogens (primary N) is 1. The summed E-state index contributed by atoms with van der Waals surface area (Å²) in [6, 6.07) is 4.78. The van der Waals surface area contributed by atoms with E-state index in [-0.39, 0.29) is 17.5 Å². The molecule has 1 fully saturated rings. The molecule has 2 heterocycles. The van der Waals surface area contributed by atoms with Crippen molar-refractivity contribution >= 4 is 16.8 Å². The lowest BCUT2D eigenvalue weighted by Crippen LogP contribution is -2.34. The lowest BCUT2D eigenvalue weighted by Gasteiger charge is -2.16. The molecule has 0 bridgehead atoms. The third kappa shape index (κ3) is 2.33. The first-order valence-corrected chi connectivity index (χ1v) is 7.33. The SMILES string of the molecule is CCn1c(=O)[nH]c2cc(C(=O)N3CC[C@@H](N)C3)ccc2c1=O. The summed E-state index contributed by atoms with van der Waals surface area (Å²) >= 11 is 0. The van der Waals surface area contributed by atoms with Gasteiger partial charge in [0.05, 0.1) is 10.9 Å². The van der Waals surface area contributed by atoms with Crippen molar-refractivity contribution in [2.45, 2.75) is 25.9 Å². The van der Waals surface area contributed by atoms with E-state index in [4.69, 9.17) is 5.73 Å². The van der Waals surface area contributed by atoms with Crippen LogP contribution in [0.25, 0.3) is 10.9 Å². The van der Waals surface area contributed by atoms with Crippen molar-refractivity contribution < 1.29 is 4.79 Å². The highest BCUT2D eigenvalue weighted by atomic mass is 16.2. The van der Waals surface area contributed by atoms with Crippen molar-refractivity contribution in [2.75, 3.05) is 13.1 Å². The van der Waals surface area contributed by atoms with Gasteiger partial charge in [-0.15, -0.1) is 0 Å². The third-order valence-corrected chi connectivity index (χ3v) is 4.06. The van der Waals surface area contributed by atoms with Crippen molar-refractivity contribution in [3.05, 3.63) is 44.6 Å². The van der Waals surface area contributed by atoms with Crippen molar-refractivity contribution in [1.29, 1.82) is 0 Å². The topological polar surface area (TPSA) is 101 Å². The number of rotatable bonds is 2. The van der Waals surface area contributed by atoms with Gasteiger partial charge in [-0.3, -0.25) is 14.2 Å². The summed E-state index contributed by atoms with van der Waals surface area (Å²) in [7, 11) is 0. The second-order valence-corrected chi connectivity index (χ2v) is 5.54. The van der Waals surface area contributed by atoms with Crippen LogP contribution < -0.4 is 17.0 Å². The maximum Gasteiger partial charge on any atom is 0.328 e. The molecule has 1 aromatic heterocycles. The van der Waals surface area contributed by atoms with E-state index in [0.29, 0.717) is 36.1 Å². The number of hydrogen-bond acceptors (Lipinski definition) is 4.